The van der Waals surface area contributed by atoms with Crippen LogP contribution in [0.15, 0.2) is 77.3 Å². The van der Waals surface area contributed by atoms with Crippen LogP contribution in [-0.2, 0) is 17.8 Å². The van der Waals surface area contributed by atoms with E-state index in [0.717, 1.165) is 17.7 Å². The number of anilines is 1. The molecular formula is C23H20N4O2S. The van der Waals surface area contributed by atoms with E-state index in [1.54, 1.807) is 0 Å². The summed E-state index contributed by atoms with van der Waals surface area (Å²) in [5, 5.41) is 5.31. The minimum Gasteiger partial charge on any atom is -0.325 e. The molecule has 2 aromatic heterocycles. The lowest BCUT2D eigenvalue weighted by molar-refractivity contribution is -0.116. The van der Waals surface area contributed by atoms with Crippen LogP contribution in [-0.4, -0.2) is 20.4 Å². The van der Waals surface area contributed by atoms with Gasteiger partial charge in [0, 0.05) is 22.8 Å². The molecule has 1 amide bonds. The van der Waals surface area contributed by atoms with Gasteiger partial charge >= 0.3 is 0 Å². The van der Waals surface area contributed by atoms with Gasteiger partial charge in [-0.25, -0.2) is 9.97 Å². The Morgan fingerprint density at radius 2 is 1.87 bits per heavy atom. The van der Waals surface area contributed by atoms with Crippen molar-refractivity contribution in [3.63, 3.8) is 0 Å². The van der Waals surface area contributed by atoms with Gasteiger partial charge < -0.3 is 5.32 Å². The van der Waals surface area contributed by atoms with Crippen LogP contribution in [0.1, 0.15) is 12.5 Å². The maximum Gasteiger partial charge on any atom is 0.264 e. The van der Waals surface area contributed by atoms with E-state index in [4.69, 9.17) is 0 Å². The zero-order valence-corrected chi connectivity index (χ0v) is 17.2. The lowest BCUT2D eigenvalue weighted by Gasteiger charge is -2.08. The van der Waals surface area contributed by atoms with Crippen LogP contribution in [0.2, 0.25) is 0 Å². The van der Waals surface area contributed by atoms with Crippen molar-refractivity contribution in [2.24, 2.45) is 0 Å². The highest BCUT2D eigenvalue weighted by molar-refractivity contribution is 7.13. The smallest absolute Gasteiger partial charge is 0.264 e. The maximum atomic E-state index is 12.9. The van der Waals surface area contributed by atoms with E-state index in [9.17, 15) is 9.59 Å². The van der Waals surface area contributed by atoms with Crippen molar-refractivity contribution in [2.75, 3.05) is 5.32 Å². The number of hydrogen-bond donors (Lipinski definition) is 1. The number of nitrogens with zero attached hydrogens (tertiary/aromatic N) is 3. The van der Waals surface area contributed by atoms with Crippen LogP contribution in [0.25, 0.3) is 21.8 Å². The van der Waals surface area contributed by atoms with Gasteiger partial charge in [-0.3, -0.25) is 14.2 Å². The first kappa shape index (κ1) is 19.7. The van der Waals surface area contributed by atoms with Gasteiger partial charge in [-0.05, 0) is 24.1 Å². The molecule has 6 nitrogen and oxygen atoms in total. The summed E-state index contributed by atoms with van der Waals surface area (Å²) in [5.74, 6) is -0.288. The van der Waals surface area contributed by atoms with Gasteiger partial charge in [0.2, 0.25) is 5.91 Å². The Balaban J connectivity index is 1.52. The molecule has 0 spiro atoms. The molecule has 0 saturated heterocycles. The summed E-state index contributed by atoms with van der Waals surface area (Å²) in [4.78, 5) is 34.0. The molecular weight excluding hydrogens is 396 g/mol. The van der Waals surface area contributed by atoms with Crippen LogP contribution >= 0.6 is 11.3 Å². The summed E-state index contributed by atoms with van der Waals surface area (Å²) in [6, 6.07) is 17.4. The second-order valence-corrected chi connectivity index (χ2v) is 7.60. The fourth-order valence-electron chi connectivity index (χ4n) is 3.03. The van der Waals surface area contributed by atoms with Crippen molar-refractivity contribution in [3.05, 3.63) is 88.4 Å². The molecule has 0 fully saturated rings. The van der Waals surface area contributed by atoms with Crippen LogP contribution in [0, 0.1) is 0 Å². The number of hydrogen-bond acceptors (Lipinski definition) is 5. The molecule has 0 unspecified atom stereocenters. The molecule has 0 atom stereocenters. The highest BCUT2D eigenvalue weighted by Crippen LogP contribution is 2.26. The SMILES string of the molecule is CCc1ccc(NC(=O)Cn2cncc(-c3nc(-c4ccccc4)cs3)c2=O)cc1. The second kappa shape index (κ2) is 8.84. The van der Waals surface area contributed by atoms with Crippen molar-refractivity contribution in [3.8, 4) is 21.8 Å². The van der Waals surface area contributed by atoms with E-state index in [2.05, 4.69) is 22.2 Å². The van der Waals surface area contributed by atoms with E-state index in [1.165, 1.54) is 34.0 Å². The number of aromatic nitrogens is 3. The zero-order valence-electron chi connectivity index (χ0n) is 16.4. The average molecular weight is 417 g/mol. The normalized spacial score (nSPS) is 10.7. The fourth-order valence-corrected chi connectivity index (χ4v) is 3.86. The lowest BCUT2D eigenvalue weighted by Crippen LogP contribution is -2.28. The quantitative estimate of drug-likeness (QED) is 0.510. The average Bonchev–Trinajstić information content (AvgIpc) is 3.26. The molecule has 0 aliphatic rings. The van der Waals surface area contributed by atoms with Crippen LogP contribution in [0.5, 0.6) is 0 Å². The lowest BCUT2D eigenvalue weighted by atomic mass is 10.1. The van der Waals surface area contributed by atoms with Gasteiger partial charge in [0.15, 0.2) is 0 Å². The Hall–Kier alpha value is -3.58. The standard InChI is InChI=1S/C23H20N4O2S/c1-2-16-8-10-18(11-9-16)25-21(28)13-27-15-24-12-19(23(27)29)22-26-20(14-30-22)17-6-4-3-5-7-17/h3-12,14-15H,2,13H2,1H3,(H,25,28). The Morgan fingerprint density at radius 1 is 1.10 bits per heavy atom. The number of benzene rings is 2. The first-order valence-corrected chi connectivity index (χ1v) is 10.5. The summed E-state index contributed by atoms with van der Waals surface area (Å²) in [5.41, 5.74) is 3.76. The monoisotopic (exact) mass is 416 g/mol. The third-order valence-electron chi connectivity index (χ3n) is 4.66. The van der Waals surface area contributed by atoms with Crippen molar-refractivity contribution in [1.29, 1.82) is 0 Å². The third-order valence-corrected chi connectivity index (χ3v) is 5.54. The molecule has 4 aromatic rings. The molecule has 0 radical (unpaired) electrons. The molecule has 30 heavy (non-hydrogen) atoms. The molecule has 0 aliphatic carbocycles. The zero-order chi connectivity index (χ0) is 20.9. The van der Waals surface area contributed by atoms with Crippen molar-refractivity contribution in [1.82, 2.24) is 14.5 Å². The first-order valence-electron chi connectivity index (χ1n) is 9.58. The molecule has 1 N–H and O–H groups in total. The first-order chi connectivity index (χ1) is 14.6. The van der Waals surface area contributed by atoms with Gasteiger partial charge in [-0.15, -0.1) is 11.3 Å². The predicted molar refractivity (Wildman–Crippen MR) is 119 cm³/mol. The molecule has 150 valence electrons. The van der Waals surface area contributed by atoms with E-state index in [-0.39, 0.29) is 18.0 Å². The van der Waals surface area contributed by atoms with E-state index >= 15 is 0 Å². The third kappa shape index (κ3) is 4.36. The van der Waals surface area contributed by atoms with E-state index in [1.807, 2.05) is 60.0 Å². The highest BCUT2D eigenvalue weighted by Gasteiger charge is 2.14. The Labute approximate surface area is 177 Å². The second-order valence-electron chi connectivity index (χ2n) is 6.74. The number of carbonyl (C=O) groups is 1. The number of rotatable bonds is 6. The molecule has 7 heteroatoms. The number of nitrogens with one attached hydrogen (secondary N) is 1. The van der Waals surface area contributed by atoms with Gasteiger partial charge in [-0.1, -0.05) is 49.4 Å². The summed E-state index contributed by atoms with van der Waals surface area (Å²) in [6.07, 6.45) is 3.80. The largest absolute Gasteiger partial charge is 0.325 e. The Bertz CT molecular complexity index is 1210. The maximum absolute atomic E-state index is 12.9. The van der Waals surface area contributed by atoms with Crippen molar-refractivity contribution in [2.45, 2.75) is 19.9 Å². The Morgan fingerprint density at radius 3 is 2.60 bits per heavy atom. The van der Waals surface area contributed by atoms with Gasteiger partial charge in [-0.2, -0.15) is 0 Å². The van der Waals surface area contributed by atoms with Crippen LogP contribution < -0.4 is 10.9 Å². The van der Waals surface area contributed by atoms with Gasteiger partial charge in [0.25, 0.3) is 5.56 Å². The predicted octanol–water partition coefficient (Wildman–Crippen LogP) is 4.23. The minimum atomic E-state index is -0.296. The number of thiazole rings is 1. The molecule has 4 rings (SSSR count). The molecule has 0 bridgehead atoms. The number of aryl methyl sites for hydroxylation is 1. The van der Waals surface area contributed by atoms with Crippen molar-refractivity contribution >= 4 is 22.9 Å². The highest BCUT2D eigenvalue weighted by atomic mass is 32.1. The van der Waals surface area contributed by atoms with Gasteiger partial charge in [0.05, 0.1) is 17.6 Å². The summed E-state index contributed by atoms with van der Waals surface area (Å²) < 4.78 is 1.30. The summed E-state index contributed by atoms with van der Waals surface area (Å²) in [7, 11) is 0. The topological polar surface area (TPSA) is 76.9 Å². The number of carbonyl (C=O) groups excluding carboxylic acids is 1. The Kier molecular flexibility index (Phi) is 5.81. The molecule has 2 aromatic carbocycles. The molecule has 2 heterocycles. The van der Waals surface area contributed by atoms with Crippen LogP contribution in [0.4, 0.5) is 5.69 Å². The summed E-state index contributed by atoms with van der Waals surface area (Å²) >= 11 is 1.38. The summed E-state index contributed by atoms with van der Waals surface area (Å²) in [6.45, 7) is 1.96. The van der Waals surface area contributed by atoms with E-state index < -0.39 is 0 Å². The van der Waals surface area contributed by atoms with Crippen molar-refractivity contribution < 1.29 is 4.79 Å². The molecule has 0 saturated carbocycles. The van der Waals surface area contributed by atoms with E-state index in [0.29, 0.717) is 16.3 Å². The fraction of sp³-hybridized carbons (Fsp3) is 0.130. The molecule has 0 aliphatic heterocycles. The van der Waals surface area contributed by atoms with Crippen LogP contribution in [0.3, 0.4) is 0 Å². The van der Waals surface area contributed by atoms with Gasteiger partial charge in [0.1, 0.15) is 11.6 Å². The minimum absolute atomic E-state index is 0.119. The number of amides is 1.